The number of fused-ring (bicyclic) bond motifs is 1. The first-order valence-electron chi connectivity index (χ1n) is 11.0. The van der Waals surface area contributed by atoms with Gasteiger partial charge >= 0.3 is 11.9 Å². The van der Waals surface area contributed by atoms with E-state index in [1.807, 2.05) is 0 Å². The van der Waals surface area contributed by atoms with Crippen molar-refractivity contribution < 1.29 is 28.2 Å². The molecule has 3 heterocycles. The number of nitrogens with zero attached hydrogens (tertiary/aromatic N) is 4. The van der Waals surface area contributed by atoms with E-state index in [1.165, 1.54) is 24.1 Å². The summed E-state index contributed by atoms with van der Waals surface area (Å²) in [5, 5.41) is 0.0961. The zero-order valence-corrected chi connectivity index (χ0v) is 19.7. The van der Waals surface area contributed by atoms with Gasteiger partial charge in [-0.05, 0) is 31.2 Å². The Morgan fingerprint density at radius 1 is 1.03 bits per heavy atom. The van der Waals surface area contributed by atoms with Crippen LogP contribution in [0.5, 0.6) is 0 Å². The summed E-state index contributed by atoms with van der Waals surface area (Å²) < 4.78 is 34.5. The lowest BCUT2D eigenvalue weighted by molar-refractivity contribution is -0.120. The van der Waals surface area contributed by atoms with Gasteiger partial charge in [-0.2, -0.15) is 0 Å². The van der Waals surface area contributed by atoms with Crippen molar-refractivity contribution in [3.8, 4) is 0 Å². The Bertz CT molecular complexity index is 1400. The van der Waals surface area contributed by atoms with Gasteiger partial charge in [-0.3, -0.25) is 4.57 Å². The lowest BCUT2D eigenvalue weighted by Gasteiger charge is -2.29. The van der Waals surface area contributed by atoms with Crippen LogP contribution in [0.15, 0.2) is 73.3 Å². The van der Waals surface area contributed by atoms with Gasteiger partial charge in [0.15, 0.2) is 29.3 Å². The third kappa shape index (κ3) is 4.40. The summed E-state index contributed by atoms with van der Waals surface area (Å²) >= 11 is 6.09. The highest BCUT2D eigenvalue weighted by molar-refractivity contribution is 6.33. The van der Waals surface area contributed by atoms with Crippen LogP contribution in [0.1, 0.15) is 33.9 Å². The van der Waals surface area contributed by atoms with Crippen LogP contribution >= 0.6 is 11.6 Å². The molecule has 5 rings (SSSR count). The number of imidazole rings is 1. The van der Waals surface area contributed by atoms with Crippen molar-refractivity contribution in [2.45, 2.75) is 31.0 Å². The number of hydrogen-bond donors (Lipinski definition) is 0. The summed E-state index contributed by atoms with van der Waals surface area (Å²) in [6.45, 7) is 1.13. The second-order valence-corrected chi connectivity index (χ2v) is 8.75. The maximum atomic E-state index is 16.0. The van der Waals surface area contributed by atoms with Crippen LogP contribution < -0.4 is 0 Å². The molecule has 0 radical (unpaired) electrons. The molecule has 1 aliphatic rings. The molecule has 1 fully saturated rings. The largest absolute Gasteiger partial charge is 0.459 e. The van der Waals surface area contributed by atoms with E-state index in [9.17, 15) is 9.59 Å². The monoisotopic (exact) mass is 510 g/mol. The minimum absolute atomic E-state index is 0.0961. The number of carbonyl (C=O) groups excluding carboxylic acids is 2. The molecule has 0 aliphatic carbocycles. The number of rotatable bonds is 6. The fourth-order valence-electron chi connectivity index (χ4n) is 4.04. The SMILES string of the molecule is C[C@]1(COC(=O)c2ccccc2)O[C@@H](n2cnc3c(Cl)ncnc32)[C@H](F)[C@@H]1OC(=O)c1ccccc1. The van der Waals surface area contributed by atoms with Crippen molar-refractivity contribution in [1.82, 2.24) is 19.5 Å². The predicted octanol–water partition coefficient (Wildman–Crippen LogP) is 4.19. The van der Waals surface area contributed by atoms with E-state index >= 15 is 4.39 Å². The van der Waals surface area contributed by atoms with Crippen molar-refractivity contribution >= 4 is 34.7 Å². The van der Waals surface area contributed by atoms with Gasteiger partial charge in [0.25, 0.3) is 0 Å². The van der Waals surface area contributed by atoms with Gasteiger partial charge < -0.3 is 14.2 Å². The Labute approximate surface area is 209 Å². The molecule has 11 heteroatoms. The molecule has 1 saturated heterocycles. The minimum atomic E-state index is -1.86. The second-order valence-electron chi connectivity index (χ2n) is 8.39. The number of benzene rings is 2. The number of halogens is 2. The normalized spacial score (nSPS) is 23.5. The number of esters is 2. The molecule has 1 aliphatic heterocycles. The van der Waals surface area contributed by atoms with Crippen LogP contribution in [-0.4, -0.2) is 55.9 Å². The summed E-state index contributed by atoms with van der Waals surface area (Å²) in [4.78, 5) is 37.6. The Morgan fingerprint density at radius 3 is 2.33 bits per heavy atom. The van der Waals surface area contributed by atoms with Crippen LogP contribution in [0.25, 0.3) is 11.2 Å². The summed E-state index contributed by atoms with van der Waals surface area (Å²) in [6, 6.07) is 16.5. The van der Waals surface area contributed by atoms with Crippen molar-refractivity contribution in [3.63, 3.8) is 0 Å². The van der Waals surface area contributed by atoms with Crippen molar-refractivity contribution in [2.75, 3.05) is 6.61 Å². The molecule has 4 aromatic rings. The van der Waals surface area contributed by atoms with E-state index in [2.05, 4.69) is 15.0 Å². The quantitative estimate of drug-likeness (QED) is 0.281. The first-order valence-corrected chi connectivity index (χ1v) is 11.4. The molecule has 9 nitrogen and oxygen atoms in total. The predicted molar refractivity (Wildman–Crippen MR) is 126 cm³/mol. The average Bonchev–Trinajstić information content (AvgIpc) is 3.44. The lowest BCUT2D eigenvalue weighted by atomic mass is 9.98. The van der Waals surface area contributed by atoms with Crippen LogP contribution in [0.2, 0.25) is 5.15 Å². The maximum absolute atomic E-state index is 16.0. The molecular formula is C25H20ClFN4O5. The topological polar surface area (TPSA) is 105 Å². The molecule has 36 heavy (non-hydrogen) atoms. The zero-order valence-electron chi connectivity index (χ0n) is 19.0. The first kappa shape index (κ1) is 23.8. The number of ether oxygens (including phenoxy) is 3. The highest BCUT2D eigenvalue weighted by Crippen LogP contribution is 2.42. The Balaban J connectivity index is 1.45. The molecule has 0 spiro atoms. The van der Waals surface area contributed by atoms with Crippen molar-refractivity contribution in [1.29, 1.82) is 0 Å². The molecule has 4 atom stereocenters. The third-order valence-electron chi connectivity index (χ3n) is 5.88. The van der Waals surface area contributed by atoms with Gasteiger partial charge in [0, 0.05) is 0 Å². The van der Waals surface area contributed by atoms with E-state index in [-0.39, 0.29) is 28.5 Å². The molecule has 0 amide bonds. The maximum Gasteiger partial charge on any atom is 0.338 e. The van der Waals surface area contributed by atoms with Gasteiger partial charge in [-0.1, -0.05) is 48.0 Å². The molecule has 2 aromatic carbocycles. The van der Waals surface area contributed by atoms with Gasteiger partial charge in [0.05, 0.1) is 17.5 Å². The number of hydrogen-bond acceptors (Lipinski definition) is 8. The summed E-state index contributed by atoms with van der Waals surface area (Å²) in [6.07, 6.45) is -2.04. The zero-order chi connectivity index (χ0) is 25.3. The van der Waals surface area contributed by atoms with Crippen LogP contribution in [0, 0.1) is 0 Å². The van der Waals surface area contributed by atoms with Crippen molar-refractivity contribution in [3.05, 3.63) is 89.6 Å². The average molecular weight is 511 g/mol. The Morgan fingerprint density at radius 2 is 1.67 bits per heavy atom. The van der Waals surface area contributed by atoms with E-state index in [0.29, 0.717) is 5.56 Å². The first-order chi connectivity index (χ1) is 17.4. The minimum Gasteiger partial charge on any atom is -0.459 e. The summed E-state index contributed by atoms with van der Waals surface area (Å²) in [5.74, 6) is -1.37. The summed E-state index contributed by atoms with van der Waals surface area (Å²) in [5.41, 5.74) is -0.480. The van der Waals surface area contributed by atoms with Crippen LogP contribution in [0.3, 0.4) is 0 Å². The molecule has 0 unspecified atom stereocenters. The number of carbonyl (C=O) groups is 2. The molecular weight excluding hydrogens is 491 g/mol. The molecule has 184 valence electrons. The third-order valence-corrected chi connectivity index (χ3v) is 6.16. The van der Waals surface area contributed by atoms with E-state index < -0.39 is 36.0 Å². The van der Waals surface area contributed by atoms with Gasteiger partial charge in [0.1, 0.15) is 24.1 Å². The lowest BCUT2D eigenvalue weighted by Crippen LogP contribution is -2.46. The molecule has 0 saturated carbocycles. The fraction of sp³-hybridized carbons (Fsp3) is 0.240. The summed E-state index contributed by atoms with van der Waals surface area (Å²) in [7, 11) is 0. The van der Waals surface area contributed by atoms with Crippen LogP contribution in [0.4, 0.5) is 4.39 Å². The van der Waals surface area contributed by atoms with Crippen LogP contribution in [-0.2, 0) is 14.2 Å². The molecule has 0 N–H and O–H groups in total. The standard InChI is InChI=1S/C25H20ClFN4O5/c1-25(12-34-23(32)15-8-4-2-5-9-15)19(35-24(33)16-10-6-3-7-11-16)17(27)22(36-25)31-14-30-18-20(26)28-13-29-21(18)31/h2-11,13-14,17,19,22H,12H2,1H3/t17-,19+,22-,25-/m1/s1. The van der Waals surface area contributed by atoms with Gasteiger partial charge in [0.2, 0.25) is 0 Å². The van der Waals surface area contributed by atoms with Gasteiger partial charge in [-0.15, -0.1) is 0 Å². The van der Waals surface area contributed by atoms with E-state index in [4.69, 9.17) is 25.8 Å². The second kappa shape index (κ2) is 9.63. The van der Waals surface area contributed by atoms with E-state index in [1.54, 1.807) is 60.7 Å². The Hall–Kier alpha value is -3.89. The highest BCUT2D eigenvalue weighted by Gasteiger charge is 2.57. The highest BCUT2D eigenvalue weighted by atomic mass is 35.5. The molecule has 2 aromatic heterocycles. The molecule has 0 bridgehead atoms. The number of alkyl halides is 1. The number of aromatic nitrogens is 4. The smallest absolute Gasteiger partial charge is 0.338 e. The fourth-order valence-corrected chi connectivity index (χ4v) is 4.22. The van der Waals surface area contributed by atoms with E-state index in [0.717, 1.165) is 0 Å². The van der Waals surface area contributed by atoms with Gasteiger partial charge in [-0.25, -0.2) is 28.9 Å². The Kier molecular flexibility index (Phi) is 6.38. The van der Waals surface area contributed by atoms with Crippen molar-refractivity contribution in [2.24, 2.45) is 0 Å².